The quantitative estimate of drug-likeness (QED) is 0.588. The Balaban J connectivity index is 3.15. The molecule has 0 amide bonds. The first-order valence-electron chi connectivity index (χ1n) is 6.58. The Hall–Kier alpha value is -1.48. The van der Waals surface area contributed by atoms with Gasteiger partial charge in [0.25, 0.3) is 0 Å². The zero-order chi connectivity index (χ0) is 17.0. The summed E-state index contributed by atoms with van der Waals surface area (Å²) < 4.78 is 64.1. The van der Waals surface area contributed by atoms with Gasteiger partial charge in [0.15, 0.2) is 6.61 Å². The first-order valence-corrected chi connectivity index (χ1v) is 7.98. The zero-order valence-corrected chi connectivity index (χ0v) is 12.7. The summed E-state index contributed by atoms with van der Waals surface area (Å²) in [6.07, 6.45) is -2.47. The fourth-order valence-corrected chi connectivity index (χ4v) is 3.10. The number of aromatic hydroxyl groups is 2. The van der Waals surface area contributed by atoms with Crippen LogP contribution in [0.5, 0.6) is 11.5 Å². The Morgan fingerprint density at radius 2 is 1.82 bits per heavy atom. The lowest BCUT2D eigenvalue weighted by atomic mass is 10.1. The van der Waals surface area contributed by atoms with E-state index in [1.54, 1.807) is 0 Å². The Morgan fingerprint density at radius 1 is 1.18 bits per heavy atom. The highest BCUT2D eigenvalue weighted by molar-refractivity contribution is 7.87. The van der Waals surface area contributed by atoms with Crippen molar-refractivity contribution < 1.29 is 36.0 Å². The number of rotatable bonds is 7. The number of unbranched alkanes of at least 4 members (excludes halogenated alkanes) is 2. The standard InChI is InChI=1S/C13H17F3O5S/c1-2-3-4-5-9-6-10(17)7-11(18)12(9)22(19,20)21-8-13(14,15)16/h6-7,17-18H,2-5,8H2,1H3. The van der Waals surface area contributed by atoms with Crippen molar-refractivity contribution in [3.05, 3.63) is 17.7 Å². The van der Waals surface area contributed by atoms with E-state index in [0.29, 0.717) is 6.42 Å². The summed E-state index contributed by atoms with van der Waals surface area (Å²) in [5.74, 6) is -1.22. The van der Waals surface area contributed by atoms with E-state index in [9.17, 15) is 31.8 Å². The molecule has 0 aliphatic rings. The SMILES string of the molecule is CCCCCc1cc(O)cc(O)c1S(=O)(=O)OCC(F)(F)F. The Morgan fingerprint density at radius 3 is 2.36 bits per heavy atom. The second kappa shape index (κ2) is 7.19. The van der Waals surface area contributed by atoms with Crippen LogP contribution in [0.2, 0.25) is 0 Å². The lowest BCUT2D eigenvalue weighted by molar-refractivity contribution is -0.152. The number of hydrogen-bond donors (Lipinski definition) is 2. The molecular formula is C13H17F3O5S. The Bertz CT molecular complexity index is 611. The highest BCUT2D eigenvalue weighted by Crippen LogP contribution is 2.34. The third-order valence-corrected chi connectivity index (χ3v) is 4.21. The Labute approximate surface area is 126 Å². The summed E-state index contributed by atoms with van der Waals surface area (Å²) in [6, 6.07) is 1.84. The first kappa shape index (κ1) is 18.6. The molecule has 1 aromatic rings. The van der Waals surface area contributed by atoms with E-state index in [1.807, 2.05) is 6.92 Å². The molecule has 1 rings (SSSR count). The van der Waals surface area contributed by atoms with Crippen molar-refractivity contribution in [2.45, 2.75) is 43.7 Å². The summed E-state index contributed by atoms with van der Waals surface area (Å²) in [5, 5.41) is 19.1. The van der Waals surface area contributed by atoms with Gasteiger partial charge >= 0.3 is 16.3 Å². The van der Waals surface area contributed by atoms with Gasteiger partial charge in [-0.25, -0.2) is 0 Å². The van der Waals surface area contributed by atoms with Crippen molar-refractivity contribution in [2.24, 2.45) is 0 Å². The minimum Gasteiger partial charge on any atom is -0.508 e. The zero-order valence-electron chi connectivity index (χ0n) is 11.9. The topological polar surface area (TPSA) is 83.8 Å². The molecule has 0 radical (unpaired) electrons. The molecular weight excluding hydrogens is 325 g/mol. The number of aryl methyl sites for hydroxylation is 1. The van der Waals surface area contributed by atoms with Crippen LogP contribution >= 0.6 is 0 Å². The molecule has 0 heterocycles. The van der Waals surface area contributed by atoms with Crippen molar-refractivity contribution in [3.63, 3.8) is 0 Å². The van der Waals surface area contributed by atoms with Gasteiger partial charge in [0, 0.05) is 6.07 Å². The molecule has 2 N–H and O–H groups in total. The van der Waals surface area contributed by atoms with E-state index in [2.05, 4.69) is 4.18 Å². The molecule has 1 aromatic carbocycles. The van der Waals surface area contributed by atoms with Crippen LogP contribution in [0, 0.1) is 0 Å². The predicted molar refractivity (Wildman–Crippen MR) is 72.2 cm³/mol. The van der Waals surface area contributed by atoms with Crippen LogP contribution in [-0.4, -0.2) is 31.4 Å². The Kier molecular flexibility index (Phi) is 6.07. The average molecular weight is 342 g/mol. The number of phenolic OH excluding ortho intramolecular Hbond substituents is 2. The molecule has 0 aliphatic carbocycles. The molecule has 0 atom stereocenters. The average Bonchev–Trinajstić information content (AvgIpc) is 2.35. The molecule has 0 spiro atoms. The first-order chi connectivity index (χ1) is 10.1. The van der Waals surface area contributed by atoms with Crippen LogP contribution in [0.4, 0.5) is 13.2 Å². The normalized spacial score (nSPS) is 12.5. The van der Waals surface area contributed by atoms with Gasteiger partial charge in [-0.1, -0.05) is 19.8 Å². The van der Waals surface area contributed by atoms with Gasteiger partial charge in [-0.3, -0.25) is 4.18 Å². The van der Waals surface area contributed by atoms with Gasteiger partial charge in [0.1, 0.15) is 16.4 Å². The van der Waals surface area contributed by atoms with Crippen molar-refractivity contribution in [1.29, 1.82) is 0 Å². The fraction of sp³-hybridized carbons (Fsp3) is 0.538. The van der Waals surface area contributed by atoms with Gasteiger partial charge in [0.05, 0.1) is 0 Å². The molecule has 5 nitrogen and oxygen atoms in total. The number of halogens is 3. The monoisotopic (exact) mass is 342 g/mol. The summed E-state index contributed by atoms with van der Waals surface area (Å²) >= 11 is 0. The largest absolute Gasteiger partial charge is 0.508 e. The molecule has 9 heteroatoms. The molecule has 0 unspecified atom stereocenters. The van der Waals surface area contributed by atoms with Crippen molar-refractivity contribution in [3.8, 4) is 11.5 Å². The minimum absolute atomic E-state index is 0.0214. The van der Waals surface area contributed by atoms with Crippen molar-refractivity contribution >= 4 is 10.1 Å². The summed E-state index contributed by atoms with van der Waals surface area (Å²) in [6.45, 7) is -0.0614. The molecule has 126 valence electrons. The van der Waals surface area contributed by atoms with Crippen LogP contribution in [0.3, 0.4) is 0 Å². The maximum Gasteiger partial charge on any atom is 0.413 e. The van der Waals surface area contributed by atoms with E-state index in [-0.39, 0.29) is 17.7 Å². The van der Waals surface area contributed by atoms with Crippen LogP contribution in [0.25, 0.3) is 0 Å². The number of benzene rings is 1. The fourth-order valence-electron chi connectivity index (χ4n) is 1.90. The van der Waals surface area contributed by atoms with Gasteiger partial charge in [-0.05, 0) is 24.5 Å². The molecule has 0 saturated heterocycles. The second-order valence-electron chi connectivity index (χ2n) is 4.74. The molecule has 0 fully saturated rings. The third kappa shape index (κ3) is 5.38. The summed E-state index contributed by atoms with van der Waals surface area (Å²) in [4.78, 5) is -0.731. The van der Waals surface area contributed by atoms with Crippen molar-refractivity contribution in [1.82, 2.24) is 0 Å². The molecule has 22 heavy (non-hydrogen) atoms. The smallest absolute Gasteiger partial charge is 0.413 e. The number of phenols is 2. The maximum atomic E-state index is 12.1. The van der Waals surface area contributed by atoms with Crippen LogP contribution in [0.1, 0.15) is 31.7 Å². The number of hydrogen-bond acceptors (Lipinski definition) is 5. The lowest BCUT2D eigenvalue weighted by Gasteiger charge is -2.14. The molecule has 0 aliphatic heterocycles. The van der Waals surface area contributed by atoms with Crippen molar-refractivity contribution in [2.75, 3.05) is 6.61 Å². The predicted octanol–water partition coefficient (Wildman–Crippen LogP) is 3.10. The number of alkyl halides is 3. The van der Waals surface area contributed by atoms with E-state index < -0.39 is 33.5 Å². The summed E-state index contributed by atoms with van der Waals surface area (Å²) in [5.41, 5.74) is 0.0214. The van der Waals surface area contributed by atoms with Gasteiger partial charge in [0.2, 0.25) is 0 Å². The maximum absolute atomic E-state index is 12.1. The minimum atomic E-state index is -4.82. The van der Waals surface area contributed by atoms with E-state index in [0.717, 1.165) is 25.0 Å². The second-order valence-corrected chi connectivity index (χ2v) is 6.29. The highest BCUT2D eigenvalue weighted by Gasteiger charge is 2.33. The molecule has 0 saturated carbocycles. The molecule has 0 aromatic heterocycles. The van der Waals surface area contributed by atoms with Gasteiger partial charge in [-0.2, -0.15) is 21.6 Å². The van der Waals surface area contributed by atoms with Gasteiger partial charge in [-0.15, -0.1) is 0 Å². The van der Waals surface area contributed by atoms with Gasteiger partial charge < -0.3 is 10.2 Å². The van der Waals surface area contributed by atoms with Crippen LogP contribution < -0.4 is 0 Å². The summed E-state index contributed by atoms with van der Waals surface area (Å²) in [7, 11) is -4.79. The van der Waals surface area contributed by atoms with E-state index in [1.165, 1.54) is 0 Å². The van der Waals surface area contributed by atoms with Crippen LogP contribution in [0.15, 0.2) is 17.0 Å². The third-order valence-electron chi connectivity index (χ3n) is 2.81. The highest BCUT2D eigenvalue weighted by atomic mass is 32.2. The molecule has 0 bridgehead atoms. The van der Waals surface area contributed by atoms with E-state index in [4.69, 9.17) is 0 Å². The lowest BCUT2D eigenvalue weighted by Crippen LogP contribution is -2.21. The van der Waals surface area contributed by atoms with Crippen LogP contribution in [-0.2, 0) is 20.7 Å². The van der Waals surface area contributed by atoms with E-state index >= 15 is 0 Å².